The van der Waals surface area contributed by atoms with Gasteiger partial charge in [0.05, 0.1) is 23.1 Å². The molecule has 0 aromatic heterocycles. The Labute approximate surface area is 150 Å². The number of carbonyl (C=O) groups excluding carboxylic acids is 1. The molecule has 0 aliphatic carbocycles. The molecule has 24 heavy (non-hydrogen) atoms. The van der Waals surface area contributed by atoms with Crippen molar-refractivity contribution in [2.45, 2.75) is 12.5 Å². The Bertz CT molecular complexity index is 730. The lowest BCUT2D eigenvalue weighted by Crippen LogP contribution is -2.52. The third-order valence-corrected chi connectivity index (χ3v) is 7.10. The minimum absolute atomic E-state index is 0.00273. The van der Waals surface area contributed by atoms with Gasteiger partial charge in [0.15, 0.2) is 9.84 Å². The highest BCUT2D eigenvalue weighted by Gasteiger charge is 2.34. The van der Waals surface area contributed by atoms with Crippen molar-refractivity contribution in [3.05, 3.63) is 28.2 Å². The van der Waals surface area contributed by atoms with Gasteiger partial charge in [-0.3, -0.25) is 9.69 Å². The van der Waals surface area contributed by atoms with E-state index >= 15 is 0 Å². The van der Waals surface area contributed by atoms with Crippen LogP contribution in [0.25, 0.3) is 0 Å². The first kappa shape index (κ1) is 17.7. The molecular weight excluding hydrogens is 396 g/mol. The Hall–Kier alpha value is -1.12. The molecule has 0 unspecified atom stereocenters. The van der Waals surface area contributed by atoms with Crippen LogP contribution in [0.2, 0.25) is 0 Å². The zero-order valence-electron chi connectivity index (χ0n) is 13.6. The summed E-state index contributed by atoms with van der Waals surface area (Å²) < 4.78 is 29.2. The number of methoxy groups -OCH3 is 1. The lowest BCUT2D eigenvalue weighted by atomic mass is 10.1. The average Bonchev–Trinajstić information content (AvgIpc) is 2.94. The monoisotopic (exact) mass is 416 g/mol. The fourth-order valence-electron chi connectivity index (χ4n) is 3.34. The number of halogens is 1. The quantitative estimate of drug-likeness (QED) is 0.744. The molecule has 132 valence electrons. The van der Waals surface area contributed by atoms with Crippen molar-refractivity contribution in [1.29, 1.82) is 0 Å². The van der Waals surface area contributed by atoms with Gasteiger partial charge in [-0.2, -0.15) is 0 Å². The van der Waals surface area contributed by atoms with Gasteiger partial charge in [0.2, 0.25) is 0 Å². The van der Waals surface area contributed by atoms with Crippen LogP contribution < -0.4 is 4.74 Å². The molecule has 3 rings (SSSR count). The van der Waals surface area contributed by atoms with Crippen molar-refractivity contribution in [3.63, 3.8) is 0 Å². The van der Waals surface area contributed by atoms with Gasteiger partial charge in [0.25, 0.3) is 5.91 Å². The zero-order valence-corrected chi connectivity index (χ0v) is 16.0. The fourth-order valence-corrected chi connectivity index (χ4v) is 5.64. The van der Waals surface area contributed by atoms with Crippen molar-refractivity contribution in [3.8, 4) is 5.75 Å². The highest BCUT2D eigenvalue weighted by atomic mass is 79.9. The van der Waals surface area contributed by atoms with E-state index in [4.69, 9.17) is 4.74 Å². The highest BCUT2D eigenvalue weighted by Crippen LogP contribution is 2.26. The summed E-state index contributed by atoms with van der Waals surface area (Å²) in [5.41, 5.74) is 0.625. The number of carbonyl (C=O) groups is 1. The van der Waals surface area contributed by atoms with Crippen molar-refractivity contribution >= 4 is 31.7 Å². The van der Waals surface area contributed by atoms with Crippen LogP contribution in [0.15, 0.2) is 22.7 Å². The molecule has 2 saturated heterocycles. The molecule has 0 radical (unpaired) electrons. The largest absolute Gasteiger partial charge is 0.496 e. The molecule has 0 spiro atoms. The smallest absolute Gasteiger partial charge is 0.253 e. The van der Waals surface area contributed by atoms with Crippen LogP contribution in [0.4, 0.5) is 0 Å². The summed E-state index contributed by atoms with van der Waals surface area (Å²) in [4.78, 5) is 16.7. The minimum atomic E-state index is -2.87. The molecule has 1 amide bonds. The Morgan fingerprint density at radius 3 is 2.50 bits per heavy atom. The number of hydrogen-bond acceptors (Lipinski definition) is 5. The van der Waals surface area contributed by atoms with E-state index in [0.717, 1.165) is 17.6 Å². The normalized spacial score (nSPS) is 24.1. The molecule has 0 saturated carbocycles. The third kappa shape index (κ3) is 3.75. The number of hydrogen-bond donors (Lipinski definition) is 0. The number of rotatable bonds is 3. The average molecular weight is 417 g/mol. The van der Waals surface area contributed by atoms with Gasteiger partial charge >= 0.3 is 0 Å². The van der Waals surface area contributed by atoms with Gasteiger partial charge in [-0.1, -0.05) is 0 Å². The standard InChI is InChI=1S/C16H21BrN2O4S/c1-23-15-3-2-12(10-14(15)17)16(20)19-7-5-18(6-8-19)13-4-9-24(21,22)11-13/h2-3,10,13H,4-9,11H2,1H3/t13-/m0/s1. The van der Waals surface area contributed by atoms with Gasteiger partial charge in [-0.05, 0) is 40.5 Å². The summed E-state index contributed by atoms with van der Waals surface area (Å²) in [6, 6.07) is 5.43. The van der Waals surface area contributed by atoms with Crippen LogP contribution in [0.5, 0.6) is 5.75 Å². The maximum Gasteiger partial charge on any atom is 0.253 e. The summed E-state index contributed by atoms with van der Waals surface area (Å²) in [5, 5.41) is 0. The first-order valence-corrected chi connectivity index (χ1v) is 10.6. The summed E-state index contributed by atoms with van der Waals surface area (Å²) in [6.07, 6.45) is 0.710. The van der Waals surface area contributed by atoms with E-state index in [1.54, 1.807) is 25.3 Å². The Morgan fingerprint density at radius 2 is 1.96 bits per heavy atom. The van der Waals surface area contributed by atoms with Gasteiger partial charge in [0, 0.05) is 37.8 Å². The first-order valence-electron chi connectivity index (χ1n) is 7.97. The molecule has 8 heteroatoms. The van der Waals surface area contributed by atoms with Crippen LogP contribution >= 0.6 is 15.9 Å². The highest BCUT2D eigenvalue weighted by molar-refractivity contribution is 9.10. The number of nitrogens with zero attached hydrogens (tertiary/aromatic N) is 2. The second kappa shape index (κ2) is 7.01. The number of amides is 1. The molecule has 0 bridgehead atoms. The van der Waals surface area contributed by atoms with E-state index in [9.17, 15) is 13.2 Å². The van der Waals surface area contributed by atoms with Crippen molar-refractivity contribution in [2.75, 3.05) is 44.8 Å². The van der Waals surface area contributed by atoms with Gasteiger partial charge in [0.1, 0.15) is 5.75 Å². The SMILES string of the molecule is COc1ccc(C(=O)N2CCN([C@H]3CCS(=O)(=O)C3)CC2)cc1Br. The summed E-state index contributed by atoms with van der Waals surface area (Å²) in [5.74, 6) is 1.24. The maximum atomic E-state index is 12.6. The van der Waals surface area contributed by atoms with Crippen LogP contribution in [0, 0.1) is 0 Å². The predicted molar refractivity (Wildman–Crippen MR) is 95.2 cm³/mol. The lowest BCUT2D eigenvalue weighted by Gasteiger charge is -2.37. The van der Waals surface area contributed by atoms with E-state index in [2.05, 4.69) is 20.8 Å². The van der Waals surface area contributed by atoms with Crippen LogP contribution in [0.3, 0.4) is 0 Å². The first-order chi connectivity index (χ1) is 11.4. The molecular formula is C16H21BrN2O4S. The molecule has 2 aliphatic heterocycles. The van der Waals surface area contributed by atoms with Crippen molar-refractivity contribution in [2.24, 2.45) is 0 Å². The number of ether oxygens (including phenoxy) is 1. The van der Waals surface area contributed by atoms with Crippen molar-refractivity contribution in [1.82, 2.24) is 9.80 Å². The second-order valence-corrected chi connectivity index (χ2v) is 9.32. The van der Waals surface area contributed by atoms with Gasteiger partial charge in [-0.15, -0.1) is 0 Å². The van der Waals surface area contributed by atoms with E-state index in [1.807, 2.05) is 4.90 Å². The second-order valence-electron chi connectivity index (χ2n) is 6.23. The van der Waals surface area contributed by atoms with E-state index in [1.165, 1.54) is 0 Å². The molecule has 2 aliphatic rings. The minimum Gasteiger partial charge on any atom is -0.496 e. The van der Waals surface area contributed by atoms with Crippen LogP contribution in [-0.4, -0.2) is 75.0 Å². The Morgan fingerprint density at radius 1 is 1.25 bits per heavy atom. The van der Waals surface area contributed by atoms with Gasteiger partial charge < -0.3 is 9.64 Å². The summed E-state index contributed by atoms with van der Waals surface area (Å²) in [6.45, 7) is 2.70. The number of sulfone groups is 1. The summed E-state index contributed by atoms with van der Waals surface area (Å²) >= 11 is 3.40. The Balaban J connectivity index is 1.60. The number of benzene rings is 1. The molecule has 1 atom stereocenters. The van der Waals surface area contributed by atoms with Crippen molar-refractivity contribution < 1.29 is 17.9 Å². The van der Waals surface area contributed by atoms with Crippen LogP contribution in [0.1, 0.15) is 16.8 Å². The van der Waals surface area contributed by atoms with E-state index < -0.39 is 9.84 Å². The molecule has 2 fully saturated rings. The molecule has 0 N–H and O–H groups in total. The lowest BCUT2D eigenvalue weighted by molar-refractivity contribution is 0.0587. The predicted octanol–water partition coefficient (Wildman–Crippen LogP) is 1.40. The molecule has 2 heterocycles. The van der Waals surface area contributed by atoms with E-state index in [0.29, 0.717) is 30.8 Å². The topological polar surface area (TPSA) is 66.9 Å². The van der Waals surface area contributed by atoms with Crippen LogP contribution in [-0.2, 0) is 9.84 Å². The molecule has 1 aromatic carbocycles. The number of piperazine rings is 1. The zero-order chi connectivity index (χ0) is 17.3. The van der Waals surface area contributed by atoms with Gasteiger partial charge in [-0.25, -0.2) is 8.42 Å². The summed E-state index contributed by atoms with van der Waals surface area (Å²) in [7, 11) is -1.28. The maximum absolute atomic E-state index is 12.6. The molecule has 6 nitrogen and oxygen atoms in total. The third-order valence-electron chi connectivity index (χ3n) is 4.73. The van der Waals surface area contributed by atoms with E-state index in [-0.39, 0.29) is 23.5 Å². The Kier molecular flexibility index (Phi) is 5.17. The fraction of sp³-hybridized carbons (Fsp3) is 0.562. The molecule has 1 aromatic rings.